The summed E-state index contributed by atoms with van der Waals surface area (Å²) in [5.74, 6) is -0.00462. The third-order valence-electron chi connectivity index (χ3n) is 2.32. The first kappa shape index (κ1) is 15.9. The zero-order valence-electron chi connectivity index (χ0n) is 10.7. The van der Waals surface area contributed by atoms with Crippen molar-refractivity contribution in [2.75, 3.05) is 12.8 Å². The van der Waals surface area contributed by atoms with Gasteiger partial charge in [0, 0.05) is 5.56 Å². The quantitative estimate of drug-likeness (QED) is 0.536. The zero-order valence-corrected chi connectivity index (χ0v) is 11.6. The highest BCUT2D eigenvalue weighted by atomic mass is 31.2. The van der Waals surface area contributed by atoms with Crippen LogP contribution in [0, 0.1) is 0 Å². The van der Waals surface area contributed by atoms with Crippen LogP contribution >= 0.6 is 7.60 Å². The predicted molar refractivity (Wildman–Crippen MR) is 69.5 cm³/mol. The van der Waals surface area contributed by atoms with Gasteiger partial charge in [0.2, 0.25) is 0 Å². The van der Waals surface area contributed by atoms with Gasteiger partial charge >= 0.3 is 7.60 Å². The summed E-state index contributed by atoms with van der Waals surface area (Å²) < 4.78 is 15.8. The lowest BCUT2D eigenvalue weighted by atomic mass is 9.97. The summed E-state index contributed by atoms with van der Waals surface area (Å²) >= 11 is 0. The molecule has 3 N–H and O–H groups in total. The van der Waals surface area contributed by atoms with E-state index in [1.807, 2.05) is 0 Å². The van der Waals surface area contributed by atoms with Crippen LogP contribution in [0.15, 0.2) is 24.3 Å². The van der Waals surface area contributed by atoms with E-state index in [0.717, 1.165) is 0 Å². The molecule has 106 valence electrons. The molecule has 0 fully saturated rings. The molecule has 0 bridgehead atoms. The molecule has 0 aliphatic rings. The number of Topliss-reactive ketones (excluding diaryl/α,β-unsaturated/α-hetero) is 1. The number of benzene rings is 1. The fourth-order valence-corrected chi connectivity index (χ4v) is 1.67. The molecule has 0 aliphatic heterocycles. The molecule has 19 heavy (non-hydrogen) atoms. The fraction of sp³-hybridized carbons (Fsp3) is 0.417. The molecule has 0 heterocycles. The smallest absolute Gasteiger partial charge is 0.328 e. The second kappa shape index (κ2) is 5.84. The Hall–Kier alpha value is -1.20. The first-order valence-corrected chi connectivity index (χ1v) is 7.44. The maximum absolute atomic E-state index is 11.7. The van der Waals surface area contributed by atoms with Crippen molar-refractivity contribution in [2.24, 2.45) is 0 Å². The van der Waals surface area contributed by atoms with Gasteiger partial charge in [-0.3, -0.25) is 9.36 Å². The number of aliphatic hydroxyl groups is 1. The van der Waals surface area contributed by atoms with Gasteiger partial charge in [-0.25, -0.2) is 0 Å². The molecule has 0 aromatic heterocycles. The molecule has 0 atom stereocenters. The molecular formula is C12H17O6P. The van der Waals surface area contributed by atoms with E-state index >= 15 is 0 Å². The van der Waals surface area contributed by atoms with Crippen molar-refractivity contribution in [3.05, 3.63) is 29.8 Å². The largest absolute Gasteiger partial charge is 0.493 e. The highest BCUT2D eigenvalue weighted by Crippen LogP contribution is 2.33. The molecular weight excluding hydrogens is 271 g/mol. The van der Waals surface area contributed by atoms with E-state index < -0.39 is 19.0 Å². The first-order valence-electron chi connectivity index (χ1n) is 5.64. The fourth-order valence-electron chi connectivity index (χ4n) is 1.34. The Labute approximate surface area is 111 Å². The van der Waals surface area contributed by atoms with Crippen molar-refractivity contribution >= 4 is 13.4 Å². The maximum atomic E-state index is 11.7. The van der Waals surface area contributed by atoms with Crippen LogP contribution in [0.5, 0.6) is 5.75 Å². The van der Waals surface area contributed by atoms with Crippen LogP contribution in [0.25, 0.3) is 0 Å². The van der Waals surface area contributed by atoms with Crippen LogP contribution in [0.4, 0.5) is 0 Å². The van der Waals surface area contributed by atoms with Crippen LogP contribution in [-0.4, -0.2) is 39.0 Å². The highest BCUT2D eigenvalue weighted by molar-refractivity contribution is 7.51. The van der Waals surface area contributed by atoms with Gasteiger partial charge in [-0.1, -0.05) is 0 Å². The monoisotopic (exact) mass is 288 g/mol. The van der Waals surface area contributed by atoms with Gasteiger partial charge in [-0.05, 0) is 38.1 Å². The van der Waals surface area contributed by atoms with Crippen LogP contribution in [0.1, 0.15) is 24.2 Å². The van der Waals surface area contributed by atoms with Gasteiger partial charge in [-0.2, -0.15) is 0 Å². The average molecular weight is 288 g/mol. The third kappa shape index (κ3) is 5.53. The number of ether oxygens (including phenoxy) is 1. The summed E-state index contributed by atoms with van der Waals surface area (Å²) in [5.41, 5.74) is -1.10. The normalized spacial score (nSPS) is 12.3. The molecule has 7 heteroatoms. The van der Waals surface area contributed by atoms with Gasteiger partial charge < -0.3 is 19.6 Å². The molecule has 0 unspecified atom stereocenters. The Morgan fingerprint density at radius 1 is 1.26 bits per heavy atom. The van der Waals surface area contributed by atoms with E-state index in [9.17, 15) is 14.5 Å². The minimum atomic E-state index is -4.06. The SMILES string of the molecule is CC(C)(O)C(=O)c1ccc(OCCP(=O)(O)O)cc1. The number of carbonyl (C=O) groups excluding carboxylic acids is 1. The number of hydrogen-bond donors (Lipinski definition) is 3. The molecule has 0 radical (unpaired) electrons. The maximum Gasteiger partial charge on any atom is 0.328 e. The topological polar surface area (TPSA) is 104 Å². The second-order valence-electron chi connectivity index (χ2n) is 4.65. The molecule has 0 amide bonds. The summed E-state index contributed by atoms with van der Waals surface area (Å²) in [6, 6.07) is 6.01. The van der Waals surface area contributed by atoms with Crippen LogP contribution in [0.2, 0.25) is 0 Å². The van der Waals surface area contributed by atoms with E-state index in [2.05, 4.69) is 0 Å². The van der Waals surface area contributed by atoms with Gasteiger partial charge in [0.05, 0.1) is 12.8 Å². The number of carbonyl (C=O) groups is 1. The summed E-state index contributed by atoms with van der Waals surface area (Å²) in [6.45, 7) is 2.70. The summed E-state index contributed by atoms with van der Waals surface area (Å²) in [7, 11) is -4.06. The molecule has 0 saturated heterocycles. The molecule has 1 aromatic carbocycles. The Balaban J connectivity index is 2.62. The van der Waals surface area contributed by atoms with E-state index in [4.69, 9.17) is 14.5 Å². The van der Waals surface area contributed by atoms with Crippen LogP contribution in [0.3, 0.4) is 0 Å². The lowest BCUT2D eigenvalue weighted by Gasteiger charge is -2.15. The van der Waals surface area contributed by atoms with Gasteiger partial charge in [-0.15, -0.1) is 0 Å². The average Bonchev–Trinajstić information content (AvgIpc) is 2.26. The van der Waals surface area contributed by atoms with Crippen molar-refractivity contribution in [2.45, 2.75) is 19.4 Å². The standard InChI is InChI=1S/C12H17O6P/c1-12(2,14)11(13)9-3-5-10(6-4-9)18-7-8-19(15,16)17/h3-6,14H,7-8H2,1-2H3,(H2,15,16,17). The number of hydrogen-bond acceptors (Lipinski definition) is 4. The minimum Gasteiger partial charge on any atom is -0.493 e. The molecule has 6 nitrogen and oxygen atoms in total. The van der Waals surface area contributed by atoms with Crippen molar-refractivity contribution < 1.29 is 29.0 Å². The lowest BCUT2D eigenvalue weighted by Crippen LogP contribution is -2.30. The lowest BCUT2D eigenvalue weighted by molar-refractivity contribution is 0.0488. The van der Waals surface area contributed by atoms with Crippen molar-refractivity contribution in [1.82, 2.24) is 0 Å². The van der Waals surface area contributed by atoms with Crippen LogP contribution < -0.4 is 4.74 Å². The Morgan fingerprint density at radius 2 is 1.79 bits per heavy atom. The van der Waals surface area contributed by atoms with Crippen LogP contribution in [-0.2, 0) is 4.57 Å². The predicted octanol–water partition coefficient (Wildman–Crippen LogP) is 1.20. The van der Waals surface area contributed by atoms with E-state index in [1.165, 1.54) is 38.1 Å². The molecule has 1 aromatic rings. The molecule has 0 saturated carbocycles. The molecule has 0 aliphatic carbocycles. The number of ketones is 1. The summed E-state index contributed by atoms with van der Waals surface area (Å²) in [5, 5.41) is 9.57. The summed E-state index contributed by atoms with van der Waals surface area (Å²) in [4.78, 5) is 29.1. The molecule has 1 rings (SSSR count). The third-order valence-corrected chi connectivity index (χ3v) is 3.09. The Bertz CT molecular complexity index is 482. The Kier molecular flexibility index (Phi) is 4.87. The number of rotatable bonds is 6. The van der Waals surface area contributed by atoms with Gasteiger partial charge in [0.25, 0.3) is 0 Å². The van der Waals surface area contributed by atoms with Gasteiger partial charge in [0.1, 0.15) is 11.4 Å². The van der Waals surface area contributed by atoms with E-state index in [0.29, 0.717) is 11.3 Å². The highest BCUT2D eigenvalue weighted by Gasteiger charge is 2.24. The van der Waals surface area contributed by atoms with E-state index in [-0.39, 0.29) is 12.8 Å². The summed E-state index contributed by atoms with van der Waals surface area (Å²) in [6.07, 6.45) is -0.364. The van der Waals surface area contributed by atoms with Crippen molar-refractivity contribution in [3.63, 3.8) is 0 Å². The Morgan fingerprint density at radius 3 is 2.21 bits per heavy atom. The zero-order chi connectivity index (χ0) is 14.7. The van der Waals surface area contributed by atoms with Crippen molar-refractivity contribution in [1.29, 1.82) is 0 Å². The van der Waals surface area contributed by atoms with Crippen molar-refractivity contribution in [3.8, 4) is 5.75 Å². The molecule has 0 spiro atoms. The van der Waals surface area contributed by atoms with E-state index in [1.54, 1.807) is 0 Å². The minimum absolute atomic E-state index is 0.108. The van der Waals surface area contributed by atoms with Gasteiger partial charge in [0.15, 0.2) is 5.78 Å². The first-order chi connectivity index (χ1) is 8.59. The second-order valence-corrected chi connectivity index (χ2v) is 6.43.